The number of piperidine rings is 1. The Morgan fingerprint density at radius 2 is 1.86 bits per heavy atom. The molecular formula is C22H36BNO5. The Labute approximate surface area is 175 Å². The number of nitrogens with zero attached hydrogens (tertiary/aromatic N) is 1. The lowest BCUT2D eigenvalue weighted by molar-refractivity contribution is -0.0778. The zero-order valence-electron chi connectivity index (χ0n) is 18.6. The van der Waals surface area contributed by atoms with E-state index in [4.69, 9.17) is 23.5 Å². The van der Waals surface area contributed by atoms with E-state index in [1.165, 1.54) is 0 Å². The summed E-state index contributed by atoms with van der Waals surface area (Å²) in [5.41, 5.74) is 0.680. The molecule has 162 valence electrons. The van der Waals surface area contributed by atoms with Crippen molar-refractivity contribution < 1.29 is 23.5 Å². The molecule has 0 unspecified atom stereocenters. The summed E-state index contributed by atoms with van der Waals surface area (Å²) in [6.45, 7) is 12.7. The molecular weight excluding hydrogens is 369 g/mol. The van der Waals surface area contributed by atoms with E-state index in [2.05, 4.69) is 25.7 Å². The van der Waals surface area contributed by atoms with Crippen molar-refractivity contribution in [1.82, 2.24) is 4.90 Å². The Kier molecular flexibility index (Phi) is 7.85. The van der Waals surface area contributed by atoms with Crippen LogP contribution in [0.5, 0.6) is 11.5 Å². The van der Waals surface area contributed by atoms with Crippen molar-refractivity contribution in [2.75, 3.05) is 40.0 Å². The largest absolute Gasteiger partial charge is 0.494 e. The maximum absolute atomic E-state index is 6.31. The zero-order valence-corrected chi connectivity index (χ0v) is 18.6. The van der Waals surface area contributed by atoms with Gasteiger partial charge in [-0.1, -0.05) is 13.0 Å². The van der Waals surface area contributed by atoms with Crippen molar-refractivity contribution in [2.45, 2.75) is 64.7 Å². The molecule has 2 saturated heterocycles. The summed E-state index contributed by atoms with van der Waals surface area (Å²) in [7, 11) is 1.25. The fourth-order valence-corrected chi connectivity index (χ4v) is 3.62. The van der Waals surface area contributed by atoms with Gasteiger partial charge in [0.05, 0.1) is 26.4 Å². The van der Waals surface area contributed by atoms with Crippen molar-refractivity contribution in [3.05, 3.63) is 18.2 Å². The van der Waals surface area contributed by atoms with Gasteiger partial charge >= 0.3 is 7.12 Å². The maximum atomic E-state index is 6.31. The van der Waals surface area contributed by atoms with E-state index in [1.807, 2.05) is 25.1 Å². The zero-order chi connectivity index (χ0) is 20.9. The number of rotatable bonds is 10. The van der Waals surface area contributed by atoms with Crippen LogP contribution < -0.4 is 14.9 Å². The minimum Gasteiger partial charge on any atom is -0.493 e. The lowest BCUT2D eigenvalue weighted by Gasteiger charge is -2.41. The van der Waals surface area contributed by atoms with Gasteiger partial charge in [-0.3, -0.25) is 4.90 Å². The van der Waals surface area contributed by atoms with E-state index in [9.17, 15) is 0 Å². The minimum atomic E-state index is -0.425. The van der Waals surface area contributed by atoms with Gasteiger partial charge in [0.1, 0.15) is 6.10 Å². The molecule has 0 bridgehead atoms. The highest BCUT2D eigenvalue weighted by molar-refractivity contribution is 6.61. The van der Waals surface area contributed by atoms with Gasteiger partial charge in [-0.15, -0.1) is 0 Å². The van der Waals surface area contributed by atoms with Crippen molar-refractivity contribution in [3.63, 3.8) is 0 Å². The van der Waals surface area contributed by atoms with Crippen molar-refractivity contribution >= 4 is 12.6 Å². The molecule has 2 aliphatic heterocycles. The first-order chi connectivity index (χ1) is 14.0. The summed E-state index contributed by atoms with van der Waals surface area (Å²) in [6.07, 6.45) is 3.17. The average molecular weight is 405 g/mol. The number of hydrogen-bond donors (Lipinski definition) is 0. The predicted octanol–water partition coefficient (Wildman–Crippen LogP) is 2.87. The van der Waals surface area contributed by atoms with Gasteiger partial charge in [-0.05, 0) is 57.6 Å². The quantitative estimate of drug-likeness (QED) is 0.558. The highest BCUT2D eigenvalue weighted by Gasteiger charge is 2.32. The Morgan fingerprint density at radius 3 is 2.41 bits per heavy atom. The van der Waals surface area contributed by atoms with Crippen molar-refractivity contribution in [3.8, 4) is 11.5 Å². The van der Waals surface area contributed by atoms with Gasteiger partial charge < -0.3 is 23.5 Å². The number of likely N-dealkylation sites (tertiary alicyclic amines) is 1. The molecule has 2 aliphatic rings. The molecule has 0 radical (unpaired) electrons. The van der Waals surface area contributed by atoms with E-state index < -0.39 is 7.12 Å². The van der Waals surface area contributed by atoms with E-state index >= 15 is 0 Å². The summed E-state index contributed by atoms with van der Waals surface area (Å²) < 4.78 is 29.4. The fourth-order valence-electron chi connectivity index (χ4n) is 3.62. The van der Waals surface area contributed by atoms with E-state index in [0.29, 0.717) is 12.6 Å². The molecule has 0 spiro atoms. The van der Waals surface area contributed by atoms with E-state index in [1.54, 1.807) is 7.11 Å². The van der Waals surface area contributed by atoms with Gasteiger partial charge in [0.15, 0.2) is 11.5 Å². The van der Waals surface area contributed by atoms with Crippen LogP contribution in [0.25, 0.3) is 0 Å². The molecule has 1 aromatic rings. The molecule has 29 heavy (non-hydrogen) atoms. The lowest BCUT2D eigenvalue weighted by Crippen LogP contribution is -2.52. The minimum absolute atomic E-state index is 0.213. The summed E-state index contributed by atoms with van der Waals surface area (Å²) in [5, 5.41) is 0. The number of hydrogen-bond acceptors (Lipinski definition) is 6. The van der Waals surface area contributed by atoms with E-state index in [-0.39, 0.29) is 11.7 Å². The molecule has 0 atom stereocenters. The molecule has 0 saturated carbocycles. The summed E-state index contributed by atoms with van der Waals surface area (Å²) >= 11 is 0. The smallest absolute Gasteiger partial charge is 0.493 e. The lowest BCUT2D eigenvalue weighted by atomic mass is 9.77. The second kappa shape index (κ2) is 10.2. The van der Waals surface area contributed by atoms with Crippen LogP contribution in [0.4, 0.5) is 0 Å². The number of ether oxygens (including phenoxy) is 3. The molecule has 0 N–H and O–H groups in total. The molecule has 0 aromatic heterocycles. The Hall–Kier alpha value is -1.28. The van der Waals surface area contributed by atoms with Gasteiger partial charge in [0, 0.05) is 25.3 Å². The highest BCUT2D eigenvalue weighted by atomic mass is 16.6. The maximum Gasteiger partial charge on any atom is 0.494 e. The van der Waals surface area contributed by atoms with Crippen molar-refractivity contribution in [1.29, 1.82) is 0 Å². The van der Waals surface area contributed by atoms with Crippen LogP contribution in [0.15, 0.2) is 18.2 Å². The highest BCUT2D eigenvalue weighted by Crippen LogP contribution is 2.30. The van der Waals surface area contributed by atoms with Gasteiger partial charge in [0.2, 0.25) is 0 Å². The standard InChI is InChI=1S/C22H36BNO5/c1-6-22(3,4)29-23(27-7-2)17-8-9-20(21(14-17)25-5)28-19-10-12-24(13-11-19)18-15-26-16-18/h8-9,14,18-19H,6-7,10-13,15-16H2,1-5H3. The van der Waals surface area contributed by atoms with Crippen LogP contribution in [0.2, 0.25) is 0 Å². The molecule has 0 amide bonds. The third-order valence-electron chi connectivity index (χ3n) is 5.96. The molecule has 6 nitrogen and oxygen atoms in total. The predicted molar refractivity (Wildman–Crippen MR) is 115 cm³/mol. The molecule has 7 heteroatoms. The Bertz CT molecular complexity index is 644. The molecule has 2 heterocycles. The first-order valence-electron chi connectivity index (χ1n) is 10.9. The topological polar surface area (TPSA) is 49.4 Å². The van der Waals surface area contributed by atoms with Crippen LogP contribution >= 0.6 is 0 Å². The number of methoxy groups -OCH3 is 1. The summed E-state index contributed by atoms with van der Waals surface area (Å²) in [5.74, 6) is 1.51. The molecule has 0 aliphatic carbocycles. The molecule has 1 aromatic carbocycles. The second-order valence-corrected chi connectivity index (χ2v) is 8.47. The Morgan fingerprint density at radius 1 is 1.14 bits per heavy atom. The molecule has 3 rings (SSSR count). The second-order valence-electron chi connectivity index (χ2n) is 8.47. The third-order valence-corrected chi connectivity index (χ3v) is 5.96. The van der Waals surface area contributed by atoms with E-state index in [0.717, 1.165) is 62.5 Å². The Balaban J connectivity index is 1.64. The van der Waals surface area contributed by atoms with Crippen LogP contribution in [0.3, 0.4) is 0 Å². The first-order valence-corrected chi connectivity index (χ1v) is 10.9. The normalized spacial score (nSPS) is 19.1. The fraction of sp³-hybridized carbons (Fsp3) is 0.727. The number of benzene rings is 1. The van der Waals surface area contributed by atoms with Gasteiger partial charge in [-0.2, -0.15) is 0 Å². The van der Waals surface area contributed by atoms with Crippen molar-refractivity contribution in [2.24, 2.45) is 0 Å². The SMILES string of the molecule is CCOB(OC(C)(C)CC)c1ccc(OC2CCN(C3COC3)CC2)c(OC)c1. The summed E-state index contributed by atoms with van der Waals surface area (Å²) in [6, 6.07) is 6.58. The van der Waals surface area contributed by atoms with Crippen LogP contribution in [-0.2, 0) is 14.0 Å². The van der Waals surface area contributed by atoms with Gasteiger partial charge in [0.25, 0.3) is 0 Å². The monoisotopic (exact) mass is 405 g/mol. The third kappa shape index (κ3) is 5.88. The molecule has 2 fully saturated rings. The summed E-state index contributed by atoms with van der Waals surface area (Å²) in [4.78, 5) is 2.52. The van der Waals surface area contributed by atoms with Crippen LogP contribution in [0.1, 0.15) is 47.0 Å². The average Bonchev–Trinajstić information content (AvgIpc) is 2.68. The van der Waals surface area contributed by atoms with Gasteiger partial charge in [-0.25, -0.2) is 0 Å². The van der Waals surface area contributed by atoms with Crippen LogP contribution in [-0.4, -0.2) is 69.8 Å². The first kappa shape index (κ1) is 22.4. The van der Waals surface area contributed by atoms with Crippen LogP contribution in [0, 0.1) is 0 Å².